The summed E-state index contributed by atoms with van der Waals surface area (Å²) in [6.45, 7) is 2.02. The number of rotatable bonds is 11. The van der Waals surface area contributed by atoms with Gasteiger partial charge in [-0.25, -0.2) is 0 Å². The van der Waals surface area contributed by atoms with Crippen LogP contribution in [0.25, 0.3) is 23.3 Å². The third-order valence-corrected chi connectivity index (χ3v) is 12.4. The Morgan fingerprint density at radius 1 is 0.911 bits per heavy atom. The Bertz CT molecular complexity index is 2380. The maximum absolute atomic E-state index is 11.5. The van der Waals surface area contributed by atoms with Crippen molar-refractivity contribution in [2.75, 3.05) is 61.2 Å². The van der Waals surface area contributed by atoms with Crippen LogP contribution in [0.4, 0.5) is 0 Å². The van der Waals surface area contributed by atoms with Crippen LogP contribution in [0.5, 0.6) is 28.7 Å². The molecule has 5 unspecified atom stereocenters. The number of methoxy groups -OCH3 is 1. The van der Waals surface area contributed by atoms with E-state index in [2.05, 4.69) is 57.4 Å². The van der Waals surface area contributed by atoms with Crippen molar-refractivity contribution in [3.05, 3.63) is 104 Å². The molecule has 2 aliphatic carbocycles. The van der Waals surface area contributed by atoms with Crippen molar-refractivity contribution in [2.24, 2.45) is 4.99 Å². The molecule has 4 aromatic carbocycles. The van der Waals surface area contributed by atoms with E-state index in [-0.39, 0.29) is 42.8 Å². The lowest BCUT2D eigenvalue weighted by atomic mass is 9.62. The molecule has 0 radical (unpaired) electrons. The minimum absolute atomic E-state index is 0.0141. The van der Waals surface area contributed by atoms with Gasteiger partial charge in [-0.2, -0.15) is 0 Å². The van der Waals surface area contributed by atoms with Crippen LogP contribution in [0.1, 0.15) is 63.3 Å². The molecule has 11 heteroatoms. The zero-order valence-electron chi connectivity index (χ0n) is 32.4. The number of nitrogens with one attached hydrogen (secondary N) is 3. The van der Waals surface area contributed by atoms with Crippen molar-refractivity contribution in [1.82, 2.24) is 16.0 Å². The highest BCUT2D eigenvalue weighted by Gasteiger charge is 2.51. The molecule has 0 aromatic heterocycles. The van der Waals surface area contributed by atoms with Crippen LogP contribution in [0.15, 0.2) is 59.1 Å². The molecule has 0 spiro atoms. The summed E-state index contributed by atoms with van der Waals surface area (Å²) < 4.78 is 26.6. The second kappa shape index (κ2) is 14.5. The van der Waals surface area contributed by atoms with Crippen LogP contribution < -0.4 is 40.7 Å². The molecule has 5 aliphatic rings. The molecule has 0 amide bonds. The minimum atomic E-state index is -0.874. The zero-order chi connectivity index (χ0) is 38.7. The fourth-order valence-electron chi connectivity index (χ4n) is 10.1. The predicted molar refractivity (Wildman–Crippen MR) is 214 cm³/mol. The highest BCUT2D eigenvalue weighted by atomic mass is 16.6. The molecular weight excluding hydrogens is 709 g/mol. The van der Waals surface area contributed by atoms with Crippen LogP contribution in [0.3, 0.4) is 0 Å². The number of benzene rings is 4. The van der Waals surface area contributed by atoms with Gasteiger partial charge < -0.3 is 44.9 Å². The highest BCUT2D eigenvalue weighted by Crippen LogP contribution is 2.61. The molecule has 0 bridgehead atoms. The first kappa shape index (κ1) is 36.7. The average molecular weight is 759 g/mol. The van der Waals surface area contributed by atoms with E-state index in [9.17, 15) is 15.3 Å². The number of aliphatic hydroxyl groups is 1. The second-order valence-corrected chi connectivity index (χ2v) is 15.6. The van der Waals surface area contributed by atoms with Gasteiger partial charge in [0.2, 0.25) is 0 Å². The predicted octanol–water partition coefficient (Wildman–Crippen LogP) is 3.74. The van der Waals surface area contributed by atoms with Gasteiger partial charge >= 0.3 is 0 Å². The fourth-order valence-corrected chi connectivity index (χ4v) is 10.1. The second-order valence-electron chi connectivity index (χ2n) is 15.6. The Hall–Kier alpha value is -4.91. The molecule has 3 aliphatic heterocycles. The maximum Gasteiger partial charge on any atom is 0.160 e. The lowest BCUT2D eigenvalue weighted by Crippen LogP contribution is -2.54. The Morgan fingerprint density at radius 3 is 2.54 bits per heavy atom. The van der Waals surface area contributed by atoms with Gasteiger partial charge in [-0.3, -0.25) is 10.3 Å². The minimum Gasteiger partial charge on any atom is -0.507 e. The Kier molecular flexibility index (Phi) is 9.54. The topological polar surface area (TPSA) is 146 Å². The van der Waals surface area contributed by atoms with Crippen molar-refractivity contribution < 1.29 is 34.3 Å². The van der Waals surface area contributed by atoms with E-state index in [4.69, 9.17) is 18.9 Å². The van der Waals surface area contributed by atoms with E-state index in [1.165, 1.54) is 11.1 Å². The van der Waals surface area contributed by atoms with E-state index in [1.807, 2.05) is 39.3 Å². The number of aliphatic hydroxyl groups excluding tert-OH is 1. The van der Waals surface area contributed by atoms with Gasteiger partial charge in [0.25, 0.3) is 0 Å². The van der Waals surface area contributed by atoms with Crippen molar-refractivity contribution in [3.63, 3.8) is 0 Å². The molecule has 0 fully saturated rings. The van der Waals surface area contributed by atoms with Gasteiger partial charge in [0.05, 0.1) is 32.3 Å². The van der Waals surface area contributed by atoms with Crippen molar-refractivity contribution in [3.8, 4) is 39.9 Å². The van der Waals surface area contributed by atoms with Gasteiger partial charge in [0.1, 0.15) is 29.0 Å². The van der Waals surface area contributed by atoms with Gasteiger partial charge in [0.15, 0.2) is 17.6 Å². The van der Waals surface area contributed by atoms with E-state index >= 15 is 0 Å². The fraction of sp³-hybridized carbons (Fsp3) is 0.400. The van der Waals surface area contributed by atoms with Crippen LogP contribution >= 0.6 is 0 Å². The normalized spacial score (nSPS) is 23.8. The number of aromatic hydroxyl groups is 2. The van der Waals surface area contributed by atoms with Crippen LogP contribution in [-0.4, -0.2) is 88.2 Å². The SMILES string of the molecule is CNCOC1(CNC)Cc2c3c(c4c(c2OC1c1ccc(O)c(OC)c1)CCC(CO)O4)-c1ccc(O)c2c1C(C3)C(c1ccc3c(c1)=CCN=3)C(CNC)=C2. The number of likely N-dealkylation sites (N-methyl/N-ethyl adjacent to an activating group) is 2. The summed E-state index contributed by atoms with van der Waals surface area (Å²) in [6, 6.07) is 15.9. The molecular formula is C45H50N4O7. The summed E-state index contributed by atoms with van der Waals surface area (Å²) in [7, 11) is 7.30. The van der Waals surface area contributed by atoms with Gasteiger partial charge in [0, 0.05) is 47.7 Å². The number of ether oxygens (including phenoxy) is 4. The molecule has 0 saturated heterocycles. The number of phenols is 2. The summed E-state index contributed by atoms with van der Waals surface area (Å²) >= 11 is 0. The molecule has 292 valence electrons. The molecule has 0 saturated carbocycles. The summed E-state index contributed by atoms with van der Waals surface area (Å²) in [5.41, 5.74) is 9.58. The molecule has 5 atom stereocenters. The third-order valence-electron chi connectivity index (χ3n) is 12.4. The number of fused-ring (bicyclic) bond motifs is 8. The summed E-state index contributed by atoms with van der Waals surface area (Å²) in [4.78, 5) is 4.67. The summed E-state index contributed by atoms with van der Waals surface area (Å²) in [5.74, 6) is 2.20. The molecule has 56 heavy (non-hydrogen) atoms. The Balaban J connectivity index is 1.30. The maximum atomic E-state index is 11.5. The van der Waals surface area contributed by atoms with E-state index in [0.717, 1.165) is 66.6 Å². The van der Waals surface area contributed by atoms with E-state index in [1.54, 1.807) is 13.2 Å². The first-order valence-electron chi connectivity index (χ1n) is 19.6. The first-order chi connectivity index (χ1) is 27.3. The van der Waals surface area contributed by atoms with Crippen LogP contribution in [0, 0.1) is 0 Å². The number of phenolic OH excluding ortho intramolecular Hbond substituents is 2. The van der Waals surface area contributed by atoms with Crippen LogP contribution in [0.2, 0.25) is 0 Å². The number of hydrogen-bond donors (Lipinski definition) is 6. The standard InChI is InChI=1S/C45H50N4O7/c1-46-20-27-16-32-36(51)12-9-29-40(32)33(39(27)25-5-10-35-24(15-25)13-14-49-35)18-31-34-19-45(22-47-2,54-23-48-3)44(26-6-11-37(52)38(17-26)53-4)56-42(34)30-8-7-28(21-50)55-43(30)41(29)31/h5-6,9-13,15-17,28,33,39,44,46-48,50-52H,7-8,14,18-23H2,1-4H3. The van der Waals surface area contributed by atoms with Crippen LogP contribution in [-0.2, 0) is 24.0 Å². The van der Waals surface area contributed by atoms with Crippen molar-refractivity contribution >= 4 is 12.2 Å². The molecule has 3 heterocycles. The Labute approximate surface area is 326 Å². The highest BCUT2D eigenvalue weighted by molar-refractivity contribution is 5.89. The quantitative estimate of drug-likeness (QED) is 0.125. The third kappa shape index (κ3) is 5.78. The largest absolute Gasteiger partial charge is 0.507 e. The summed E-state index contributed by atoms with van der Waals surface area (Å²) in [6.07, 6.45) is 5.93. The molecule has 4 aromatic rings. The van der Waals surface area contributed by atoms with E-state index < -0.39 is 11.7 Å². The first-order valence-corrected chi connectivity index (χ1v) is 19.6. The lowest BCUT2D eigenvalue weighted by molar-refractivity contribution is -0.128. The smallest absolute Gasteiger partial charge is 0.160 e. The van der Waals surface area contributed by atoms with Crippen molar-refractivity contribution in [2.45, 2.75) is 55.3 Å². The zero-order valence-corrected chi connectivity index (χ0v) is 32.4. The molecule has 9 rings (SSSR count). The van der Waals surface area contributed by atoms with Gasteiger partial charge in [-0.15, -0.1) is 0 Å². The van der Waals surface area contributed by atoms with Gasteiger partial charge in [-0.05, 0) is 121 Å². The Morgan fingerprint density at radius 2 is 1.75 bits per heavy atom. The average Bonchev–Trinajstić information content (AvgIpc) is 3.69. The number of hydrogen-bond acceptors (Lipinski definition) is 11. The van der Waals surface area contributed by atoms with Gasteiger partial charge in [-0.1, -0.05) is 24.3 Å². The monoisotopic (exact) mass is 758 g/mol. The molecule has 11 nitrogen and oxygen atoms in total. The summed E-state index contributed by atoms with van der Waals surface area (Å²) in [5, 5.41) is 44.8. The van der Waals surface area contributed by atoms with Crippen molar-refractivity contribution in [1.29, 1.82) is 0 Å². The lowest BCUT2D eigenvalue weighted by Gasteiger charge is -2.48. The molecule has 6 N–H and O–H groups in total. The number of nitrogens with zero attached hydrogens (tertiary/aromatic N) is 1. The van der Waals surface area contributed by atoms with E-state index in [0.29, 0.717) is 51.1 Å².